The monoisotopic (exact) mass is 724 g/mol. The van der Waals surface area contributed by atoms with Gasteiger partial charge in [0.1, 0.15) is 0 Å². The molecule has 1 saturated heterocycles. The number of ether oxygens (including phenoxy) is 1. The first kappa shape index (κ1) is 40.2. The molecule has 2 aliphatic heterocycles. The third kappa shape index (κ3) is 11.0. The van der Waals surface area contributed by atoms with Crippen molar-refractivity contribution >= 4 is 23.2 Å². The Bertz CT molecular complexity index is 1730. The number of ketones is 1. The van der Waals surface area contributed by atoms with Crippen LogP contribution in [-0.2, 0) is 28.9 Å². The van der Waals surface area contributed by atoms with Gasteiger partial charge < -0.3 is 24.6 Å². The van der Waals surface area contributed by atoms with E-state index in [4.69, 9.17) is 14.7 Å². The van der Waals surface area contributed by atoms with Crippen molar-refractivity contribution in [3.63, 3.8) is 0 Å². The van der Waals surface area contributed by atoms with E-state index in [2.05, 4.69) is 63.0 Å². The van der Waals surface area contributed by atoms with E-state index in [-0.39, 0.29) is 23.2 Å². The summed E-state index contributed by atoms with van der Waals surface area (Å²) in [6, 6.07) is 14.8. The molecule has 9 nitrogen and oxygen atoms in total. The number of aromatic nitrogens is 2. The number of carbonyl (C=O) groups is 2. The number of aryl methyl sites for hydroxylation is 1. The summed E-state index contributed by atoms with van der Waals surface area (Å²) in [6.45, 7) is 17.5. The molecule has 9 heteroatoms. The molecule has 4 heterocycles. The number of quaternary nitrogens is 1. The highest BCUT2D eigenvalue weighted by molar-refractivity contribution is 6.41. The van der Waals surface area contributed by atoms with Gasteiger partial charge in [-0.2, -0.15) is 0 Å². The Morgan fingerprint density at radius 3 is 2.26 bits per heavy atom. The van der Waals surface area contributed by atoms with Crippen molar-refractivity contribution in [1.82, 2.24) is 9.97 Å². The second-order valence-corrected chi connectivity index (χ2v) is 17.3. The zero-order valence-corrected chi connectivity index (χ0v) is 33.0. The van der Waals surface area contributed by atoms with Crippen LogP contribution < -0.4 is 14.7 Å². The van der Waals surface area contributed by atoms with Gasteiger partial charge in [-0.05, 0) is 71.8 Å². The second-order valence-electron chi connectivity index (χ2n) is 17.3. The molecule has 0 saturated carbocycles. The number of aliphatic carboxylic acids is 1. The second kappa shape index (κ2) is 17.5. The number of pyridine rings is 2. The van der Waals surface area contributed by atoms with E-state index in [0.29, 0.717) is 37.0 Å². The number of benzene rings is 1. The summed E-state index contributed by atoms with van der Waals surface area (Å²) in [5.74, 6) is 0.513. The van der Waals surface area contributed by atoms with Crippen molar-refractivity contribution < 1.29 is 29.4 Å². The van der Waals surface area contributed by atoms with Crippen LogP contribution in [0.4, 0.5) is 5.69 Å². The molecule has 3 aromatic rings. The van der Waals surface area contributed by atoms with Gasteiger partial charge in [-0.3, -0.25) is 9.78 Å². The summed E-state index contributed by atoms with van der Waals surface area (Å²) in [5, 5.41) is 19.9. The highest BCUT2D eigenvalue weighted by Crippen LogP contribution is 2.39. The fraction of sp³-hybridized carbons (Fsp3) is 0.568. The quantitative estimate of drug-likeness (QED) is 0.261. The molecule has 0 unspecified atom stereocenters. The number of fused-ring (bicyclic) bond motifs is 2. The number of aliphatic hydroxyl groups is 1. The molecule has 53 heavy (non-hydrogen) atoms. The minimum Gasteiger partial charge on any atom is -0.550 e. The van der Waals surface area contributed by atoms with Gasteiger partial charge in [0.15, 0.2) is 5.78 Å². The average Bonchev–Trinajstić information content (AvgIpc) is 3.55. The summed E-state index contributed by atoms with van der Waals surface area (Å²) in [7, 11) is 0. The van der Waals surface area contributed by atoms with Crippen LogP contribution in [0, 0.1) is 16.7 Å². The third-order valence-electron chi connectivity index (χ3n) is 11.0. The number of piperidine rings is 1. The molecule has 0 amide bonds. The van der Waals surface area contributed by atoms with E-state index in [0.717, 1.165) is 80.7 Å². The predicted molar refractivity (Wildman–Crippen MR) is 208 cm³/mol. The Kier molecular flexibility index (Phi) is 13.3. The molecular weight excluding hydrogens is 665 g/mol. The lowest BCUT2D eigenvalue weighted by Crippen LogP contribution is -3.13. The number of nitrogens with one attached hydrogen (secondary N) is 1. The molecule has 0 bridgehead atoms. The Labute approximate surface area is 316 Å². The highest BCUT2D eigenvalue weighted by atomic mass is 16.5. The highest BCUT2D eigenvalue weighted by Gasteiger charge is 2.32. The third-order valence-corrected chi connectivity index (χ3v) is 11.0. The number of aliphatic imine (C=N–C) groups is 1. The number of rotatable bonds is 11. The van der Waals surface area contributed by atoms with Crippen LogP contribution in [0.5, 0.6) is 5.88 Å². The SMILES string of the molecule is CC(C)(C)C(=O)[O-].CCCOc1ccc(-c2ccc([C@@H](CC[NH+]3CCC(O)CC3)CC(=O)C3=Nc4cc5c(nc4C3)CC[C@H](C(C)(C)C)C5)cc2)cn1. The molecule has 0 spiro atoms. The van der Waals surface area contributed by atoms with Gasteiger partial charge in [0, 0.05) is 67.0 Å². The van der Waals surface area contributed by atoms with Crippen LogP contribution >= 0.6 is 0 Å². The van der Waals surface area contributed by atoms with E-state index in [9.17, 15) is 19.8 Å². The zero-order valence-electron chi connectivity index (χ0n) is 33.0. The van der Waals surface area contributed by atoms with E-state index in [1.165, 1.54) is 28.1 Å². The number of carboxylic acids is 1. The van der Waals surface area contributed by atoms with Crippen molar-refractivity contribution in [2.24, 2.45) is 21.7 Å². The zero-order chi connectivity index (χ0) is 38.3. The summed E-state index contributed by atoms with van der Waals surface area (Å²) in [5.41, 5.74) is 7.93. The fourth-order valence-electron chi connectivity index (χ4n) is 7.32. The van der Waals surface area contributed by atoms with E-state index >= 15 is 0 Å². The molecule has 2 atom stereocenters. The number of hydrogen-bond acceptors (Lipinski definition) is 8. The number of hydrogen-bond donors (Lipinski definition) is 2. The van der Waals surface area contributed by atoms with Crippen molar-refractivity contribution in [3.05, 3.63) is 71.2 Å². The normalized spacial score (nSPS) is 20.3. The lowest BCUT2D eigenvalue weighted by Gasteiger charge is -2.34. The minimum absolute atomic E-state index is 0.101. The lowest BCUT2D eigenvalue weighted by atomic mass is 9.71. The van der Waals surface area contributed by atoms with Crippen molar-refractivity contribution in [1.29, 1.82) is 0 Å². The van der Waals surface area contributed by atoms with Crippen LogP contribution in [0.1, 0.15) is 115 Å². The number of nitrogens with zero attached hydrogens (tertiary/aromatic N) is 3. The van der Waals surface area contributed by atoms with Gasteiger partial charge in [0.25, 0.3) is 0 Å². The van der Waals surface area contributed by atoms with E-state index in [1.54, 1.807) is 20.8 Å². The van der Waals surface area contributed by atoms with Crippen molar-refractivity contribution in [2.45, 2.75) is 118 Å². The first-order chi connectivity index (χ1) is 25.1. The topological polar surface area (TPSA) is 129 Å². The molecule has 1 aromatic carbocycles. The van der Waals surface area contributed by atoms with Gasteiger partial charge in [-0.1, -0.05) is 72.7 Å². The first-order valence-electron chi connectivity index (χ1n) is 19.7. The van der Waals surface area contributed by atoms with Gasteiger partial charge in [-0.15, -0.1) is 0 Å². The standard InChI is InChI=1S/C39H50N4O3.C5H10O2/c1-5-20-46-38-13-10-29(25-40-38)27-8-6-26(7-9-27)28(14-17-43-18-15-32(44)16-19-43)23-37(45)36-24-35-34(42-36)22-30-21-31(39(2,3)4)11-12-33(30)41-35;1-5(2,3)4(6)7/h6-10,13,22,25,28,31-32,44H,5,11-12,14-21,23-24H2,1-4H3;1-3H3,(H,6,7)/t28-,31-;/m0./s1. The maximum atomic E-state index is 13.9. The number of aliphatic hydroxyl groups excluding tert-OH is 1. The largest absolute Gasteiger partial charge is 0.550 e. The first-order valence-corrected chi connectivity index (χ1v) is 19.7. The maximum Gasteiger partial charge on any atom is 0.213 e. The van der Waals surface area contributed by atoms with Gasteiger partial charge in [0.2, 0.25) is 5.88 Å². The van der Waals surface area contributed by atoms with Crippen molar-refractivity contribution in [2.75, 3.05) is 26.2 Å². The summed E-state index contributed by atoms with van der Waals surface area (Å²) in [4.78, 5) is 39.7. The molecular formula is C44H60N4O5. The Hall–Kier alpha value is -3.95. The van der Waals surface area contributed by atoms with Gasteiger partial charge in [-0.25, -0.2) is 9.98 Å². The average molecular weight is 725 g/mol. The van der Waals surface area contributed by atoms with Crippen LogP contribution in [0.2, 0.25) is 0 Å². The number of carbonyl (C=O) groups excluding carboxylic acids is 2. The Morgan fingerprint density at radius 2 is 1.66 bits per heavy atom. The van der Waals surface area contributed by atoms with Crippen LogP contribution in [0.25, 0.3) is 11.1 Å². The Morgan fingerprint density at radius 1 is 0.981 bits per heavy atom. The van der Waals surface area contributed by atoms with Crippen LogP contribution in [0.15, 0.2) is 53.7 Å². The predicted octanol–water partition coefficient (Wildman–Crippen LogP) is 5.67. The molecule has 286 valence electrons. The summed E-state index contributed by atoms with van der Waals surface area (Å²) >= 11 is 0. The molecule has 3 aliphatic rings. The fourth-order valence-corrected chi connectivity index (χ4v) is 7.32. The van der Waals surface area contributed by atoms with E-state index < -0.39 is 11.4 Å². The minimum atomic E-state index is -1.01. The molecule has 6 rings (SSSR count). The van der Waals surface area contributed by atoms with Crippen LogP contribution in [-0.4, -0.2) is 64.9 Å². The van der Waals surface area contributed by atoms with Crippen molar-refractivity contribution in [3.8, 4) is 17.0 Å². The number of Topliss-reactive ketones (excluding diaryl/α,β-unsaturated/α-hetero) is 1. The lowest BCUT2D eigenvalue weighted by molar-refractivity contribution is -0.906. The number of likely N-dealkylation sites (tertiary alicyclic amines) is 1. The summed E-state index contributed by atoms with van der Waals surface area (Å²) < 4.78 is 5.65. The van der Waals surface area contributed by atoms with Crippen LogP contribution in [0.3, 0.4) is 0 Å². The Balaban J connectivity index is 0.000000705. The smallest absolute Gasteiger partial charge is 0.213 e. The van der Waals surface area contributed by atoms with Gasteiger partial charge >= 0.3 is 0 Å². The molecule has 0 radical (unpaired) electrons. The molecule has 1 aliphatic carbocycles. The molecule has 1 fully saturated rings. The molecule has 2 N–H and O–H groups in total. The molecule has 2 aromatic heterocycles. The summed E-state index contributed by atoms with van der Waals surface area (Å²) in [6.07, 6.45) is 9.47. The maximum absolute atomic E-state index is 13.9. The number of carboxylic acid groups (broad SMARTS) is 1. The van der Waals surface area contributed by atoms with Gasteiger partial charge in [0.05, 0.1) is 49.4 Å². The van der Waals surface area contributed by atoms with E-state index in [1.807, 2.05) is 18.3 Å².